The van der Waals surface area contributed by atoms with Crippen molar-refractivity contribution < 1.29 is 67.4 Å². The lowest BCUT2D eigenvalue weighted by molar-refractivity contribution is -0.274. The number of benzene rings is 8. The molecule has 0 saturated heterocycles. The number of aliphatic carboxylic acids is 5. The number of hydrogen-bond acceptors (Lipinski definition) is 19. The van der Waals surface area contributed by atoms with Crippen LogP contribution in [0.25, 0.3) is 83.5 Å². The van der Waals surface area contributed by atoms with Crippen molar-refractivity contribution in [3.63, 3.8) is 0 Å². The van der Waals surface area contributed by atoms with E-state index in [0.717, 1.165) is 89.1 Å². The number of thiophene rings is 7. The van der Waals surface area contributed by atoms with E-state index in [0.29, 0.717) is 43.9 Å². The van der Waals surface area contributed by atoms with Crippen LogP contribution in [0.3, 0.4) is 0 Å². The third kappa shape index (κ3) is 33.5. The van der Waals surface area contributed by atoms with Crippen molar-refractivity contribution in [1.82, 2.24) is 24.5 Å². The number of nitrogens with zero attached hydrogens (tertiary/aromatic N) is 6. The van der Waals surface area contributed by atoms with Crippen LogP contribution in [-0.4, -0.2) is 187 Å². The monoisotopic (exact) mass is 1960 g/mol. The van der Waals surface area contributed by atoms with E-state index in [1.54, 1.807) is 130 Å². The fourth-order valence-corrected chi connectivity index (χ4v) is 19.5. The van der Waals surface area contributed by atoms with E-state index in [4.69, 9.17) is 30.8 Å². The Bertz CT molecular complexity index is 6570. The van der Waals surface area contributed by atoms with Crippen LogP contribution in [0.5, 0.6) is 5.75 Å². The van der Waals surface area contributed by atoms with Crippen LogP contribution in [0.4, 0.5) is 13.2 Å². The van der Waals surface area contributed by atoms with Crippen molar-refractivity contribution in [2.24, 2.45) is 0 Å². The highest BCUT2D eigenvalue weighted by Crippen LogP contribution is 2.37. The molecule has 7 aromatic heterocycles. The Morgan fingerprint density at radius 1 is 0.328 bits per heavy atom. The molecule has 5 N–H and O–H groups in total. The van der Waals surface area contributed by atoms with Crippen LogP contribution in [0.2, 0.25) is 0 Å². The third-order valence-corrected chi connectivity index (χ3v) is 26.4. The summed E-state index contributed by atoms with van der Waals surface area (Å²) in [6.07, 6.45) is 5.63. The Kier molecular flexibility index (Phi) is 40.0. The van der Waals surface area contributed by atoms with Gasteiger partial charge in [-0.1, -0.05) is 212 Å². The third-order valence-electron chi connectivity index (χ3n) is 21.3. The molecule has 17 nitrogen and oxygen atoms in total. The predicted octanol–water partition coefficient (Wildman–Crippen LogP) is 25.8. The second-order valence-corrected chi connectivity index (χ2v) is 37.7. The number of hydrogen-bond donors (Lipinski definition) is 5. The lowest BCUT2D eigenvalue weighted by Gasteiger charge is -2.14. The summed E-state index contributed by atoms with van der Waals surface area (Å²) in [6.45, 7) is 6.99. The highest BCUT2D eigenvalue weighted by Gasteiger charge is 2.31. The van der Waals surface area contributed by atoms with Crippen LogP contribution in [0.1, 0.15) is 71.6 Å². The number of nitriles is 1. The first-order chi connectivity index (χ1) is 66.0. The molecule has 15 rings (SSSR count). The summed E-state index contributed by atoms with van der Waals surface area (Å²) in [7, 11) is 8.98. The summed E-state index contributed by atoms with van der Waals surface area (Å²) in [6, 6.07) is 80.0. The molecule has 702 valence electrons. The molecule has 27 heteroatoms. The molecule has 7 heterocycles. The van der Waals surface area contributed by atoms with E-state index in [1.807, 2.05) is 110 Å². The number of rotatable bonds is 36. The second-order valence-electron chi connectivity index (χ2n) is 32.1. The van der Waals surface area contributed by atoms with Gasteiger partial charge in [-0.2, -0.15) is 73.3 Å². The Balaban J connectivity index is 0.000000165. The molecule has 0 fully saturated rings. The molecule has 0 radical (unpaired) electrons. The van der Waals surface area contributed by atoms with Gasteiger partial charge in [-0.05, 0) is 319 Å². The standard InChI is InChI=1S/C23H20F3NO3S.C23H20N2O2S.C23H23NO2S.C21H21NO2S2.C20H19NO2S2/c1-27(14-22(28)29)11-9-21(19-10-12-31-15-19)17-7-5-16(6-8-17)18-3-2-4-20(13-18)30-23(24,25)26;1-25(15-23(26)27)11-9-22(21-10-12-28-16-21)19-7-5-18(6-8-19)20-4-2-3-17(13-20)14-24;1-17-4-3-5-20(14-17)18-6-8-19(9-7-18)22(21-11-13-27-16-21)10-12-24(2)15-23(25)26;1-15-12-26-14-20(15)19(7-9-22(2)11-21(23)24)17-5-3-16(4-6-17)18-8-10-25-13-18;1-21(13-20(22)23)10-8-18(19-3-2-11-25-19)16-6-4-15(5-7-16)17-9-12-24-14-17/h2-10,12-13,15H,11,14H2,1H3,(H,28,29);2-10,12-13,16H,11,15H2,1H3,(H,26,27);3-11,13-14,16H,12,15H2,1-2H3,(H,25,26);3-8,10,12-14H,9,11H2,1-2H3,(H,23,24);2-9,11-12,14H,10,13H2,1H3,(H,22,23)/b21-9-;22-9-;22-10-;19-7-;18-8-. The molecular formula is C110H103F3N6O11S7. The Hall–Kier alpha value is -13.4. The zero-order chi connectivity index (χ0) is 97.8. The van der Waals surface area contributed by atoms with Gasteiger partial charge >= 0.3 is 36.2 Å². The van der Waals surface area contributed by atoms with Gasteiger partial charge < -0.3 is 30.3 Å². The van der Waals surface area contributed by atoms with Gasteiger partial charge in [0.05, 0.1) is 44.4 Å². The van der Waals surface area contributed by atoms with Gasteiger partial charge in [0.25, 0.3) is 0 Å². The minimum Gasteiger partial charge on any atom is -0.480 e. The van der Waals surface area contributed by atoms with E-state index < -0.39 is 36.2 Å². The maximum absolute atomic E-state index is 12.5. The lowest BCUT2D eigenvalue weighted by atomic mass is 9.95. The van der Waals surface area contributed by atoms with E-state index in [-0.39, 0.29) is 38.5 Å². The molecule has 0 aliphatic heterocycles. The van der Waals surface area contributed by atoms with Crippen LogP contribution in [0.15, 0.2) is 337 Å². The lowest BCUT2D eigenvalue weighted by Crippen LogP contribution is -2.25. The highest BCUT2D eigenvalue weighted by atomic mass is 32.1. The number of aryl methyl sites for hydroxylation is 2. The number of carboxylic acids is 5. The average Bonchev–Trinajstić information content (AvgIpc) is 1.84. The molecule has 0 bridgehead atoms. The Morgan fingerprint density at radius 3 is 0.978 bits per heavy atom. The van der Waals surface area contributed by atoms with Crippen molar-refractivity contribution in [1.29, 1.82) is 5.26 Å². The van der Waals surface area contributed by atoms with Gasteiger partial charge in [0, 0.05) is 37.6 Å². The van der Waals surface area contributed by atoms with Gasteiger partial charge in [-0.25, -0.2) is 0 Å². The molecule has 0 atom stereocenters. The number of carbonyl (C=O) groups is 5. The van der Waals surface area contributed by atoms with Crippen LogP contribution in [-0.2, 0) is 24.0 Å². The summed E-state index contributed by atoms with van der Waals surface area (Å²) in [5.41, 5.74) is 29.2. The molecular weight excluding hydrogens is 1860 g/mol. The first-order valence-electron chi connectivity index (χ1n) is 43.2. The number of likely N-dealkylation sites (N-methyl/N-ethyl adjacent to an activating group) is 5. The van der Waals surface area contributed by atoms with Crippen molar-refractivity contribution >= 4 is 137 Å². The fraction of sp³-hybridized carbons (Fsp3) is 0.164. The largest absolute Gasteiger partial charge is 0.573 e. The van der Waals surface area contributed by atoms with E-state index >= 15 is 0 Å². The smallest absolute Gasteiger partial charge is 0.480 e. The quantitative estimate of drug-likeness (QED) is 0.0245. The van der Waals surface area contributed by atoms with Crippen molar-refractivity contribution in [3.8, 4) is 67.5 Å². The number of carboxylic acid groups (broad SMARTS) is 5. The minimum atomic E-state index is -4.74. The van der Waals surface area contributed by atoms with E-state index in [2.05, 4.69) is 242 Å². The van der Waals surface area contributed by atoms with E-state index in [1.165, 1.54) is 73.1 Å². The summed E-state index contributed by atoms with van der Waals surface area (Å²) in [5.74, 6) is -4.44. The maximum atomic E-state index is 12.5. The number of ether oxygens (including phenoxy) is 1. The number of alkyl halides is 3. The summed E-state index contributed by atoms with van der Waals surface area (Å²) >= 11 is 11.6. The van der Waals surface area contributed by atoms with Crippen molar-refractivity contribution in [2.45, 2.75) is 20.2 Å². The summed E-state index contributed by atoms with van der Waals surface area (Å²) < 4.78 is 41.5. The normalized spacial score (nSPS) is 11.8. The molecule has 0 unspecified atom stereocenters. The van der Waals surface area contributed by atoms with Crippen LogP contribution in [0, 0.1) is 25.2 Å². The molecule has 0 amide bonds. The van der Waals surface area contributed by atoms with Gasteiger partial charge in [0.2, 0.25) is 0 Å². The summed E-state index contributed by atoms with van der Waals surface area (Å²) in [4.78, 5) is 64.4. The fourth-order valence-electron chi connectivity index (χ4n) is 14.5. The zero-order valence-corrected chi connectivity index (χ0v) is 82.1. The highest BCUT2D eigenvalue weighted by molar-refractivity contribution is 7.11. The molecule has 0 spiro atoms. The van der Waals surface area contributed by atoms with Gasteiger partial charge in [-0.3, -0.25) is 48.5 Å². The first kappa shape index (κ1) is 104. The molecule has 0 aliphatic rings. The Labute approximate surface area is 824 Å². The minimum absolute atomic E-state index is 0.00158. The van der Waals surface area contributed by atoms with Crippen molar-refractivity contribution in [2.75, 3.05) is 101 Å². The van der Waals surface area contributed by atoms with Crippen LogP contribution < -0.4 is 4.74 Å². The molecule has 0 aliphatic carbocycles. The second kappa shape index (κ2) is 52.6. The molecule has 15 aromatic rings. The summed E-state index contributed by atoms with van der Waals surface area (Å²) in [5, 5.41) is 80.9. The molecule has 0 saturated carbocycles. The Morgan fingerprint density at radius 2 is 0.657 bits per heavy atom. The SMILES string of the molecule is CN(C/C=C(/c1ccc(-c2cccc(C#N)c2)cc1)c1ccsc1)CC(=O)O.CN(C/C=C(/c1ccc(-c2cccc(OC(F)(F)F)c2)cc1)c1ccsc1)CC(=O)O.CN(C/C=C(/c1ccc(-c2ccsc2)cc1)c1cccs1)CC(=O)O.Cc1cccc(-c2ccc(/C(=C/CN(C)CC(=O)O)c3ccsc3)cc2)c1.Cc1cscc1/C(=C\CN(C)CC(=O)O)c1ccc(-c2ccsc2)cc1. The van der Waals surface area contributed by atoms with Crippen molar-refractivity contribution in [3.05, 3.63) is 409 Å². The average molecular weight is 1970 g/mol. The maximum Gasteiger partial charge on any atom is 0.573 e. The number of halogens is 3. The van der Waals surface area contributed by atoms with Gasteiger partial charge in [-0.15, -0.1) is 24.5 Å². The van der Waals surface area contributed by atoms with E-state index in [9.17, 15) is 37.1 Å². The molecule has 8 aromatic carbocycles. The molecule has 137 heavy (non-hydrogen) atoms. The predicted molar refractivity (Wildman–Crippen MR) is 559 cm³/mol. The van der Waals surface area contributed by atoms with Crippen LogP contribution >= 0.6 is 79.4 Å². The zero-order valence-electron chi connectivity index (χ0n) is 76.3. The van der Waals surface area contributed by atoms with Gasteiger partial charge in [0.15, 0.2) is 0 Å². The topological polar surface area (TPSA) is 236 Å². The first-order valence-corrected chi connectivity index (χ1v) is 49.7. The van der Waals surface area contributed by atoms with Gasteiger partial charge in [0.1, 0.15) is 5.75 Å².